The predicted octanol–water partition coefficient (Wildman–Crippen LogP) is 3.72. The molecule has 10 heteroatoms. The second-order valence-corrected chi connectivity index (χ2v) is 8.65. The van der Waals surface area contributed by atoms with Gasteiger partial charge in [-0.15, -0.1) is 5.10 Å². The van der Waals surface area contributed by atoms with E-state index >= 15 is 0 Å². The van der Waals surface area contributed by atoms with E-state index in [9.17, 15) is 8.78 Å². The van der Waals surface area contributed by atoms with Crippen molar-refractivity contribution in [3.05, 3.63) is 47.0 Å². The highest BCUT2D eigenvalue weighted by Crippen LogP contribution is 2.33. The molecule has 3 aromatic rings. The molecule has 0 amide bonds. The van der Waals surface area contributed by atoms with Gasteiger partial charge in [0.2, 0.25) is 11.1 Å². The molecule has 2 aliphatic rings. The molecule has 30 heavy (non-hydrogen) atoms. The number of fused-ring (bicyclic) bond motifs is 1. The van der Waals surface area contributed by atoms with Crippen molar-refractivity contribution < 1.29 is 8.78 Å². The second kappa shape index (κ2) is 7.90. The van der Waals surface area contributed by atoms with Crippen molar-refractivity contribution in [3.63, 3.8) is 0 Å². The summed E-state index contributed by atoms with van der Waals surface area (Å²) >= 11 is 1.45. The van der Waals surface area contributed by atoms with Crippen LogP contribution in [0.1, 0.15) is 48.8 Å². The lowest BCUT2D eigenvalue weighted by molar-refractivity contribution is 0.442. The summed E-state index contributed by atoms with van der Waals surface area (Å²) in [6.45, 7) is 4.53. The number of hydrogen-bond donors (Lipinski definition) is 1. The highest BCUT2D eigenvalue weighted by atomic mass is 32.1. The van der Waals surface area contributed by atoms with Crippen molar-refractivity contribution in [1.29, 1.82) is 0 Å². The predicted molar refractivity (Wildman–Crippen MR) is 111 cm³/mol. The standard InChI is InChI=1S/C20H23F2N7S/c1-12-23-20(30-27-12)28-9-6-14(7-10-28)24-19-25-18-15(3-2-8-29(18)26-19)13-4-5-16(21)17(22)11-13/h4-5,11,14-15H,2-3,6-10H2,1H3,(H,24,26). The molecule has 5 rings (SSSR count). The van der Waals surface area contributed by atoms with E-state index in [0.717, 1.165) is 67.7 Å². The van der Waals surface area contributed by atoms with Gasteiger partial charge in [-0.3, -0.25) is 0 Å². The van der Waals surface area contributed by atoms with E-state index < -0.39 is 11.6 Å². The number of nitrogens with one attached hydrogen (secondary N) is 1. The zero-order chi connectivity index (χ0) is 20.7. The first kappa shape index (κ1) is 19.3. The molecule has 2 aliphatic heterocycles. The van der Waals surface area contributed by atoms with Crippen LogP contribution in [0.15, 0.2) is 18.2 Å². The first-order chi connectivity index (χ1) is 14.6. The van der Waals surface area contributed by atoms with Gasteiger partial charge in [-0.25, -0.2) is 18.4 Å². The lowest BCUT2D eigenvalue weighted by Crippen LogP contribution is -2.39. The topological polar surface area (TPSA) is 71.8 Å². The summed E-state index contributed by atoms with van der Waals surface area (Å²) in [5, 5.41) is 9.09. The Kier molecular flexibility index (Phi) is 5.10. The lowest BCUT2D eigenvalue weighted by Gasteiger charge is -2.31. The Balaban J connectivity index is 1.27. The van der Waals surface area contributed by atoms with Crippen LogP contribution in [0.4, 0.5) is 19.9 Å². The highest BCUT2D eigenvalue weighted by Gasteiger charge is 2.28. The molecule has 2 aromatic heterocycles. The fourth-order valence-corrected chi connectivity index (χ4v) is 4.99. The molecule has 1 unspecified atom stereocenters. The molecule has 1 N–H and O–H groups in total. The van der Waals surface area contributed by atoms with Gasteiger partial charge in [-0.2, -0.15) is 9.36 Å². The van der Waals surface area contributed by atoms with E-state index in [1.54, 1.807) is 6.07 Å². The van der Waals surface area contributed by atoms with E-state index in [-0.39, 0.29) is 5.92 Å². The van der Waals surface area contributed by atoms with Crippen molar-refractivity contribution in [2.45, 2.75) is 51.1 Å². The van der Waals surface area contributed by atoms with Crippen LogP contribution in [0.3, 0.4) is 0 Å². The number of benzene rings is 1. The molecular formula is C20H23F2N7S. The quantitative estimate of drug-likeness (QED) is 0.679. The summed E-state index contributed by atoms with van der Waals surface area (Å²) in [5.74, 6) is 0.535. The first-order valence-electron chi connectivity index (χ1n) is 10.3. The minimum absolute atomic E-state index is 0.0700. The normalized spacial score (nSPS) is 19.7. The van der Waals surface area contributed by atoms with E-state index in [0.29, 0.717) is 12.0 Å². The average molecular weight is 432 g/mol. The smallest absolute Gasteiger partial charge is 0.242 e. The lowest BCUT2D eigenvalue weighted by atomic mass is 9.91. The van der Waals surface area contributed by atoms with Crippen LogP contribution in [-0.4, -0.2) is 43.3 Å². The van der Waals surface area contributed by atoms with Crippen molar-refractivity contribution >= 4 is 22.6 Å². The van der Waals surface area contributed by atoms with Crippen LogP contribution in [0.5, 0.6) is 0 Å². The van der Waals surface area contributed by atoms with Crippen LogP contribution in [0.25, 0.3) is 0 Å². The molecule has 0 radical (unpaired) electrons. The molecule has 1 atom stereocenters. The monoisotopic (exact) mass is 431 g/mol. The van der Waals surface area contributed by atoms with E-state index in [2.05, 4.69) is 24.7 Å². The van der Waals surface area contributed by atoms with E-state index in [4.69, 9.17) is 4.98 Å². The number of piperidine rings is 1. The van der Waals surface area contributed by atoms with Gasteiger partial charge < -0.3 is 10.2 Å². The number of aryl methyl sites for hydroxylation is 2. The molecule has 1 saturated heterocycles. The van der Waals surface area contributed by atoms with Crippen molar-refractivity contribution in [3.8, 4) is 0 Å². The third kappa shape index (κ3) is 3.76. The highest BCUT2D eigenvalue weighted by molar-refractivity contribution is 7.09. The molecule has 7 nitrogen and oxygen atoms in total. The molecule has 0 saturated carbocycles. The van der Waals surface area contributed by atoms with Crippen LogP contribution < -0.4 is 10.2 Å². The summed E-state index contributed by atoms with van der Waals surface area (Å²) < 4.78 is 33.2. The van der Waals surface area contributed by atoms with Crippen molar-refractivity contribution in [2.24, 2.45) is 0 Å². The summed E-state index contributed by atoms with van der Waals surface area (Å²) in [6, 6.07) is 4.40. The van der Waals surface area contributed by atoms with Gasteiger partial charge in [0.05, 0.1) is 0 Å². The maximum absolute atomic E-state index is 13.7. The first-order valence-corrected chi connectivity index (χ1v) is 11.1. The second-order valence-electron chi connectivity index (χ2n) is 7.91. The van der Waals surface area contributed by atoms with E-state index in [1.165, 1.54) is 23.7 Å². The van der Waals surface area contributed by atoms with Crippen molar-refractivity contribution in [1.82, 2.24) is 24.1 Å². The summed E-state index contributed by atoms with van der Waals surface area (Å²) in [4.78, 5) is 11.5. The molecule has 1 fully saturated rings. The Morgan fingerprint density at radius 1 is 1.07 bits per heavy atom. The van der Waals surface area contributed by atoms with Gasteiger partial charge in [0.1, 0.15) is 11.6 Å². The fraction of sp³-hybridized carbons (Fsp3) is 0.500. The fourth-order valence-electron chi connectivity index (χ4n) is 4.27. The summed E-state index contributed by atoms with van der Waals surface area (Å²) in [7, 11) is 0. The molecule has 0 aliphatic carbocycles. The number of rotatable bonds is 4. The Hall–Kier alpha value is -2.62. The average Bonchev–Trinajstić information content (AvgIpc) is 3.36. The number of aromatic nitrogens is 5. The van der Waals surface area contributed by atoms with Crippen LogP contribution in [-0.2, 0) is 6.54 Å². The molecule has 4 heterocycles. The molecular weight excluding hydrogens is 408 g/mol. The molecule has 158 valence electrons. The Bertz CT molecular complexity index is 1040. The van der Waals surface area contributed by atoms with Gasteiger partial charge in [0.15, 0.2) is 11.6 Å². The Morgan fingerprint density at radius 3 is 2.63 bits per heavy atom. The zero-order valence-corrected chi connectivity index (χ0v) is 17.5. The Labute approximate surface area is 177 Å². The van der Waals surface area contributed by atoms with Gasteiger partial charge in [-0.05, 0) is 50.3 Å². The molecule has 0 bridgehead atoms. The largest absolute Gasteiger partial charge is 0.350 e. The summed E-state index contributed by atoms with van der Waals surface area (Å²) in [6.07, 6.45) is 3.71. The van der Waals surface area contributed by atoms with Crippen LogP contribution in [0, 0.1) is 18.6 Å². The number of nitrogens with zero attached hydrogens (tertiary/aromatic N) is 6. The Morgan fingerprint density at radius 2 is 1.90 bits per heavy atom. The van der Waals surface area contributed by atoms with E-state index in [1.807, 2.05) is 11.6 Å². The van der Waals surface area contributed by atoms with Gasteiger partial charge >= 0.3 is 0 Å². The van der Waals surface area contributed by atoms with Gasteiger partial charge in [0, 0.05) is 43.1 Å². The third-order valence-corrected chi connectivity index (χ3v) is 6.70. The molecule has 0 spiro atoms. The van der Waals surface area contributed by atoms with Crippen LogP contribution >= 0.6 is 11.5 Å². The van der Waals surface area contributed by atoms with Crippen LogP contribution in [0.2, 0.25) is 0 Å². The summed E-state index contributed by atoms with van der Waals surface area (Å²) in [5.41, 5.74) is 0.745. The maximum Gasteiger partial charge on any atom is 0.242 e. The SMILES string of the molecule is Cc1nsc(N2CCC(Nc3nc4n(n3)CCCC4c3ccc(F)c(F)c3)CC2)n1. The maximum atomic E-state index is 13.7. The van der Waals surface area contributed by atoms with Gasteiger partial charge in [-0.1, -0.05) is 6.07 Å². The minimum atomic E-state index is -0.826. The minimum Gasteiger partial charge on any atom is -0.350 e. The number of halogens is 2. The van der Waals surface area contributed by atoms with Gasteiger partial charge in [0.25, 0.3) is 0 Å². The zero-order valence-electron chi connectivity index (χ0n) is 16.7. The number of hydrogen-bond acceptors (Lipinski definition) is 7. The number of anilines is 2. The third-order valence-electron chi connectivity index (χ3n) is 5.84. The van der Waals surface area contributed by atoms with Crippen molar-refractivity contribution in [2.75, 3.05) is 23.3 Å². The molecule has 1 aromatic carbocycles.